The predicted octanol–water partition coefficient (Wildman–Crippen LogP) is 0.265. The first-order valence-corrected chi connectivity index (χ1v) is 6.53. The van der Waals surface area contributed by atoms with E-state index in [2.05, 4.69) is 10.3 Å². The molecule has 0 aliphatic carbocycles. The van der Waals surface area contributed by atoms with Crippen LogP contribution in [0.4, 0.5) is 10.5 Å². The van der Waals surface area contributed by atoms with Crippen LogP contribution in [-0.2, 0) is 16.1 Å². The molecule has 3 heterocycles. The lowest BCUT2D eigenvalue weighted by molar-refractivity contribution is -0.134. The number of anilines is 1. The minimum absolute atomic E-state index is 0.137. The molecular weight excluding hydrogens is 260 g/mol. The number of carbonyl (C=O) groups is 2. The van der Waals surface area contributed by atoms with Crippen molar-refractivity contribution in [2.45, 2.75) is 24.9 Å². The summed E-state index contributed by atoms with van der Waals surface area (Å²) in [4.78, 5) is 29.9. The monoisotopic (exact) mass is 276 g/mol. The summed E-state index contributed by atoms with van der Waals surface area (Å²) in [5.41, 5.74) is 6.04. The molecule has 2 saturated heterocycles. The summed E-state index contributed by atoms with van der Waals surface area (Å²) in [7, 11) is 0. The molecule has 7 heteroatoms. The summed E-state index contributed by atoms with van der Waals surface area (Å²) >= 11 is 0. The third kappa shape index (κ3) is 2.09. The van der Waals surface area contributed by atoms with Gasteiger partial charge in [-0.1, -0.05) is 0 Å². The van der Waals surface area contributed by atoms with Gasteiger partial charge in [0.1, 0.15) is 5.54 Å². The average molecular weight is 276 g/mol. The summed E-state index contributed by atoms with van der Waals surface area (Å²) in [5, 5.41) is 2.80. The number of ether oxygens (including phenoxy) is 1. The number of rotatable bonds is 2. The van der Waals surface area contributed by atoms with E-state index in [9.17, 15) is 9.59 Å². The molecule has 3 amide bonds. The Kier molecular flexibility index (Phi) is 3.06. The van der Waals surface area contributed by atoms with Gasteiger partial charge in [-0.25, -0.2) is 4.79 Å². The maximum Gasteiger partial charge on any atom is 0.325 e. The lowest BCUT2D eigenvalue weighted by Crippen LogP contribution is -2.51. The van der Waals surface area contributed by atoms with Crippen molar-refractivity contribution >= 4 is 17.6 Å². The van der Waals surface area contributed by atoms with Crippen LogP contribution in [0.25, 0.3) is 0 Å². The van der Waals surface area contributed by atoms with Crippen LogP contribution in [0.15, 0.2) is 18.3 Å². The smallest absolute Gasteiger partial charge is 0.325 e. The molecule has 2 aliphatic rings. The lowest BCUT2D eigenvalue weighted by Gasteiger charge is -2.30. The van der Waals surface area contributed by atoms with E-state index in [4.69, 9.17) is 10.5 Å². The second-order valence-electron chi connectivity index (χ2n) is 5.10. The van der Waals surface area contributed by atoms with Crippen molar-refractivity contribution in [3.63, 3.8) is 0 Å². The van der Waals surface area contributed by atoms with E-state index in [1.54, 1.807) is 18.3 Å². The molecule has 0 atom stereocenters. The quantitative estimate of drug-likeness (QED) is 0.755. The SMILES string of the molecule is Nc1ccnc(CN2C(=O)NC3(CCOCC3)C2=O)c1. The topological polar surface area (TPSA) is 97.6 Å². The highest BCUT2D eigenvalue weighted by Gasteiger charge is 2.51. The summed E-state index contributed by atoms with van der Waals surface area (Å²) in [6.07, 6.45) is 2.59. The summed E-state index contributed by atoms with van der Waals surface area (Å²) in [5.74, 6) is -0.199. The number of nitrogens with two attached hydrogens (primary N) is 1. The molecule has 2 fully saturated rings. The minimum Gasteiger partial charge on any atom is -0.399 e. The fraction of sp³-hybridized carbons (Fsp3) is 0.462. The third-order valence-corrected chi connectivity index (χ3v) is 3.75. The molecule has 106 valence electrons. The maximum atomic E-state index is 12.5. The number of imide groups is 1. The second kappa shape index (κ2) is 4.75. The molecular formula is C13H16N4O3. The summed E-state index contributed by atoms with van der Waals surface area (Å²) in [6.45, 7) is 1.10. The summed E-state index contributed by atoms with van der Waals surface area (Å²) in [6, 6.07) is 2.95. The van der Waals surface area contributed by atoms with E-state index in [0.29, 0.717) is 37.4 Å². The molecule has 0 bridgehead atoms. The molecule has 2 aliphatic heterocycles. The predicted molar refractivity (Wildman–Crippen MR) is 70.5 cm³/mol. The minimum atomic E-state index is -0.796. The van der Waals surface area contributed by atoms with E-state index in [-0.39, 0.29) is 18.5 Å². The zero-order valence-electron chi connectivity index (χ0n) is 11.0. The van der Waals surface area contributed by atoms with Crippen molar-refractivity contribution < 1.29 is 14.3 Å². The molecule has 0 radical (unpaired) electrons. The molecule has 3 N–H and O–H groups in total. The normalized spacial score (nSPS) is 21.3. The van der Waals surface area contributed by atoms with Crippen molar-refractivity contribution in [2.75, 3.05) is 18.9 Å². The van der Waals surface area contributed by atoms with Crippen molar-refractivity contribution in [1.82, 2.24) is 15.2 Å². The van der Waals surface area contributed by atoms with Crippen LogP contribution in [0, 0.1) is 0 Å². The van der Waals surface area contributed by atoms with Gasteiger partial charge >= 0.3 is 6.03 Å². The van der Waals surface area contributed by atoms with Crippen LogP contribution in [0.5, 0.6) is 0 Å². The van der Waals surface area contributed by atoms with Crippen molar-refractivity contribution in [3.05, 3.63) is 24.0 Å². The van der Waals surface area contributed by atoms with Gasteiger partial charge in [0.25, 0.3) is 5.91 Å². The van der Waals surface area contributed by atoms with Crippen LogP contribution in [0.1, 0.15) is 18.5 Å². The maximum absolute atomic E-state index is 12.5. The Morgan fingerprint density at radius 2 is 2.15 bits per heavy atom. The van der Waals surface area contributed by atoms with Gasteiger partial charge in [0.2, 0.25) is 0 Å². The molecule has 3 rings (SSSR count). The Morgan fingerprint density at radius 3 is 2.85 bits per heavy atom. The third-order valence-electron chi connectivity index (χ3n) is 3.75. The molecule has 1 aromatic rings. The van der Waals surface area contributed by atoms with Gasteiger partial charge in [0, 0.05) is 37.9 Å². The van der Waals surface area contributed by atoms with Gasteiger partial charge < -0.3 is 15.8 Å². The highest BCUT2D eigenvalue weighted by Crippen LogP contribution is 2.29. The van der Waals surface area contributed by atoms with Crippen molar-refractivity contribution in [3.8, 4) is 0 Å². The number of nitrogens with zero attached hydrogens (tertiary/aromatic N) is 2. The van der Waals surface area contributed by atoms with E-state index < -0.39 is 5.54 Å². The number of urea groups is 1. The van der Waals surface area contributed by atoms with Gasteiger partial charge in [-0.05, 0) is 12.1 Å². The van der Waals surface area contributed by atoms with Crippen LogP contribution < -0.4 is 11.1 Å². The molecule has 1 spiro atoms. The highest BCUT2D eigenvalue weighted by atomic mass is 16.5. The van der Waals surface area contributed by atoms with Gasteiger partial charge in [-0.3, -0.25) is 14.7 Å². The number of hydrogen-bond acceptors (Lipinski definition) is 5. The van der Waals surface area contributed by atoms with Crippen LogP contribution >= 0.6 is 0 Å². The first kappa shape index (κ1) is 12.9. The van der Waals surface area contributed by atoms with Crippen LogP contribution in [-0.4, -0.2) is 40.6 Å². The standard InChI is InChI=1S/C13H16N4O3/c14-9-1-4-15-10(7-9)8-17-11(18)13(16-12(17)19)2-5-20-6-3-13/h1,4,7H,2-3,5-6,8H2,(H2,14,15)(H,16,19). The number of amides is 3. The number of aromatic nitrogens is 1. The Balaban J connectivity index is 1.80. The van der Waals surface area contributed by atoms with Gasteiger partial charge in [0.05, 0.1) is 12.2 Å². The highest BCUT2D eigenvalue weighted by molar-refractivity contribution is 6.07. The molecule has 0 saturated carbocycles. The van der Waals surface area contributed by atoms with Gasteiger partial charge in [0.15, 0.2) is 0 Å². The fourth-order valence-corrected chi connectivity index (χ4v) is 2.62. The molecule has 1 aromatic heterocycles. The average Bonchev–Trinajstić information content (AvgIpc) is 2.64. The van der Waals surface area contributed by atoms with E-state index >= 15 is 0 Å². The largest absolute Gasteiger partial charge is 0.399 e. The van der Waals surface area contributed by atoms with E-state index in [1.807, 2.05) is 0 Å². The number of hydrogen-bond donors (Lipinski definition) is 2. The first-order valence-electron chi connectivity index (χ1n) is 6.53. The number of nitrogens with one attached hydrogen (secondary N) is 1. The molecule has 20 heavy (non-hydrogen) atoms. The molecule has 0 unspecified atom stereocenters. The van der Waals surface area contributed by atoms with Gasteiger partial charge in [-0.2, -0.15) is 0 Å². The first-order chi connectivity index (χ1) is 9.61. The van der Waals surface area contributed by atoms with Crippen LogP contribution in [0.3, 0.4) is 0 Å². The Morgan fingerprint density at radius 1 is 1.40 bits per heavy atom. The zero-order valence-corrected chi connectivity index (χ0v) is 11.0. The Bertz CT molecular complexity index is 554. The van der Waals surface area contributed by atoms with Crippen LogP contribution in [0.2, 0.25) is 0 Å². The number of carbonyl (C=O) groups excluding carboxylic acids is 2. The number of nitrogen functional groups attached to an aromatic ring is 1. The number of pyridine rings is 1. The Labute approximate surface area is 116 Å². The summed E-state index contributed by atoms with van der Waals surface area (Å²) < 4.78 is 5.26. The Hall–Kier alpha value is -2.15. The lowest BCUT2D eigenvalue weighted by atomic mass is 9.90. The molecule has 7 nitrogen and oxygen atoms in total. The van der Waals surface area contributed by atoms with E-state index in [0.717, 1.165) is 0 Å². The van der Waals surface area contributed by atoms with E-state index in [1.165, 1.54) is 4.90 Å². The molecule has 0 aromatic carbocycles. The van der Waals surface area contributed by atoms with Crippen molar-refractivity contribution in [1.29, 1.82) is 0 Å². The zero-order chi connectivity index (χ0) is 14.2. The fourth-order valence-electron chi connectivity index (χ4n) is 2.62. The second-order valence-corrected chi connectivity index (χ2v) is 5.10. The van der Waals surface area contributed by atoms with Crippen molar-refractivity contribution in [2.24, 2.45) is 0 Å². The van der Waals surface area contributed by atoms with Gasteiger partial charge in [-0.15, -0.1) is 0 Å².